The maximum atomic E-state index is 14.2. The Labute approximate surface area is 131 Å². The number of anilines is 2. The molecule has 2 rings (SSSR count). The third kappa shape index (κ3) is 3.16. The second-order valence-electron chi connectivity index (χ2n) is 4.33. The topological polar surface area (TPSA) is 38.0 Å². The van der Waals surface area contributed by atoms with Crippen LogP contribution in [0.1, 0.15) is 18.1 Å². The molecule has 0 bridgehead atoms. The summed E-state index contributed by atoms with van der Waals surface area (Å²) in [4.78, 5) is 0.162. The largest absolute Gasteiger partial charge is 0.389 e. The molecule has 0 amide bonds. The fourth-order valence-corrected chi connectivity index (χ4v) is 2.68. The molecule has 0 heterocycles. The molecule has 3 N–H and O–H groups in total. The Morgan fingerprint density at radius 3 is 2.45 bits per heavy atom. The van der Waals surface area contributed by atoms with E-state index in [9.17, 15) is 4.39 Å². The fraction of sp³-hybridized carbons (Fsp3) is 0.133. The third-order valence-electron chi connectivity index (χ3n) is 2.99. The van der Waals surface area contributed by atoms with Crippen LogP contribution < -0.4 is 11.1 Å². The second-order valence-corrected chi connectivity index (χ2v) is 5.56. The van der Waals surface area contributed by atoms with Gasteiger partial charge in [-0.05, 0) is 52.2 Å². The Hall–Kier alpha value is -1.46. The summed E-state index contributed by atoms with van der Waals surface area (Å²) in [5, 5.41) is 3.04. The second kappa shape index (κ2) is 6.33. The van der Waals surface area contributed by atoms with E-state index in [1.807, 2.05) is 24.3 Å². The molecule has 0 aliphatic rings. The van der Waals surface area contributed by atoms with E-state index in [1.165, 1.54) is 5.56 Å². The Kier molecular flexibility index (Phi) is 4.73. The molecule has 0 aliphatic heterocycles. The average molecular weight is 353 g/mol. The molecule has 0 aliphatic carbocycles. The summed E-state index contributed by atoms with van der Waals surface area (Å²) < 4.78 is 14.5. The van der Waals surface area contributed by atoms with Crippen molar-refractivity contribution in [1.29, 1.82) is 0 Å². The fourth-order valence-electron chi connectivity index (χ4n) is 1.82. The van der Waals surface area contributed by atoms with Crippen molar-refractivity contribution in [3.05, 3.63) is 57.8 Å². The summed E-state index contributed by atoms with van der Waals surface area (Å²) in [6.45, 7) is 2.09. The lowest BCUT2D eigenvalue weighted by atomic mass is 10.1. The first-order valence-electron chi connectivity index (χ1n) is 6.16. The molecular weight excluding hydrogens is 339 g/mol. The number of benzene rings is 2. The van der Waals surface area contributed by atoms with Gasteiger partial charge in [0.1, 0.15) is 4.99 Å². The number of aryl methyl sites for hydroxylation is 1. The van der Waals surface area contributed by atoms with Crippen molar-refractivity contribution in [2.24, 2.45) is 5.73 Å². The lowest BCUT2D eigenvalue weighted by Crippen LogP contribution is -2.11. The maximum Gasteiger partial charge on any atom is 0.161 e. The first-order valence-corrected chi connectivity index (χ1v) is 7.36. The zero-order valence-corrected chi connectivity index (χ0v) is 13.3. The number of hydrogen-bond acceptors (Lipinski definition) is 2. The summed E-state index contributed by atoms with van der Waals surface area (Å²) in [6.07, 6.45) is 0.975. The normalized spacial score (nSPS) is 10.3. The van der Waals surface area contributed by atoms with Crippen LogP contribution in [0.4, 0.5) is 15.8 Å². The zero-order valence-electron chi connectivity index (χ0n) is 10.9. The summed E-state index contributed by atoms with van der Waals surface area (Å²) in [5.41, 5.74) is 8.47. The van der Waals surface area contributed by atoms with Gasteiger partial charge in [0.2, 0.25) is 0 Å². The van der Waals surface area contributed by atoms with Crippen molar-refractivity contribution in [3.63, 3.8) is 0 Å². The summed E-state index contributed by atoms with van der Waals surface area (Å²) in [6, 6.07) is 11.2. The maximum absolute atomic E-state index is 14.2. The molecule has 0 unspecified atom stereocenters. The third-order valence-corrected chi connectivity index (χ3v) is 3.98. The molecule has 0 spiro atoms. The van der Waals surface area contributed by atoms with Crippen LogP contribution in [0.25, 0.3) is 0 Å². The summed E-state index contributed by atoms with van der Waals surface area (Å²) >= 11 is 8.06. The van der Waals surface area contributed by atoms with Crippen LogP contribution in [-0.2, 0) is 6.42 Å². The molecule has 0 aromatic heterocycles. The first kappa shape index (κ1) is 14.9. The van der Waals surface area contributed by atoms with Crippen LogP contribution in [0.5, 0.6) is 0 Å². The van der Waals surface area contributed by atoms with E-state index in [0.717, 1.165) is 12.1 Å². The van der Waals surface area contributed by atoms with E-state index in [1.54, 1.807) is 12.1 Å². The van der Waals surface area contributed by atoms with Crippen molar-refractivity contribution in [2.45, 2.75) is 13.3 Å². The van der Waals surface area contributed by atoms with Crippen LogP contribution in [0.2, 0.25) is 0 Å². The van der Waals surface area contributed by atoms with E-state index >= 15 is 0 Å². The van der Waals surface area contributed by atoms with Gasteiger partial charge in [-0.15, -0.1) is 0 Å². The van der Waals surface area contributed by atoms with Gasteiger partial charge in [0.15, 0.2) is 5.82 Å². The van der Waals surface area contributed by atoms with Gasteiger partial charge in [-0.25, -0.2) is 4.39 Å². The van der Waals surface area contributed by atoms with Gasteiger partial charge in [0.05, 0.1) is 10.2 Å². The van der Waals surface area contributed by atoms with E-state index in [4.69, 9.17) is 18.0 Å². The van der Waals surface area contributed by atoms with Crippen LogP contribution in [0.3, 0.4) is 0 Å². The molecule has 0 radical (unpaired) electrons. The molecule has 20 heavy (non-hydrogen) atoms. The molecule has 5 heteroatoms. The monoisotopic (exact) mass is 352 g/mol. The smallest absolute Gasteiger partial charge is 0.161 e. The van der Waals surface area contributed by atoms with Crippen LogP contribution in [0.15, 0.2) is 40.9 Å². The van der Waals surface area contributed by atoms with E-state index in [2.05, 4.69) is 28.2 Å². The Balaban J connectivity index is 2.29. The van der Waals surface area contributed by atoms with Gasteiger partial charge in [-0.1, -0.05) is 31.3 Å². The van der Waals surface area contributed by atoms with Gasteiger partial charge >= 0.3 is 0 Å². The highest BCUT2D eigenvalue weighted by atomic mass is 79.9. The number of rotatable bonds is 4. The van der Waals surface area contributed by atoms with Crippen molar-refractivity contribution in [2.75, 3.05) is 5.32 Å². The van der Waals surface area contributed by atoms with Crippen molar-refractivity contribution >= 4 is 44.5 Å². The molecule has 2 aromatic carbocycles. The van der Waals surface area contributed by atoms with E-state index in [-0.39, 0.29) is 9.46 Å². The van der Waals surface area contributed by atoms with Gasteiger partial charge in [0.25, 0.3) is 0 Å². The number of nitrogens with two attached hydrogens (primary N) is 1. The summed E-state index contributed by atoms with van der Waals surface area (Å²) in [5.74, 6) is -0.408. The van der Waals surface area contributed by atoms with Crippen LogP contribution in [0, 0.1) is 5.82 Å². The lowest BCUT2D eigenvalue weighted by Gasteiger charge is -2.11. The van der Waals surface area contributed by atoms with Gasteiger partial charge in [-0.2, -0.15) is 0 Å². The number of halogens is 2. The zero-order chi connectivity index (χ0) is 14.7. The highest BCUT2D eigenvalue weighted by molar-refractivity contribution is 9.10. The Bertz CT molecular complexity index is 641. The molecular formula is C15H14BrFN2S. The molecule has 0 atom stereocenters. The highest BCUT2D eigenvalue weighted by Gasteiger charge is 2.12. The van der Waals surface area contributed by atoms with Gasteiger partial charge in [0, 0.05) is 11.3 Å². The Morgan fingerprint density at radius 1 is 1.25 bits per heavy atom. The number of thiocarbonyl (C=S) groups is 1. The standard InChI is InChI=1S/C15H14BrFN2S/c1-2-9-3-5-10(6-4-9)19-12-8-7-11(15(18)20)13(16)14(12)17/h3-8,19H,2H2,1H3,(H2,18,20). The predicted octanol–water partition coefficient (Wildman–Crippen LogP) is 4.53. The molecule has 104 valence electrons. The summed E-state index contributed by atoms with van der Waals surface area (Å²) in [7, 11) is 0. The first-order chi connectivity index (χ1) is 9.52. The molecule has 2 nitrogen and oxygen atoms in total. The van der Waals surface area contributed by atoms with Crippen LogP contribution >= 0.6 is 28.1 Å². The number of hydrogen-bond donors (Lipinski definition) is 2. The van der Waals surface area contributed by atoms with Crippen molar-refractivity contribution in [1.82, 2.24) is 0 Å². The predicted molar refractivity (Wildman–Crippen MR) is 89.1 cm³/mol. The highest BCUT2D eigenvalue weighted by Crippen LogP contribution is 2.29. The van der Waals surface area contributed by atoms with Gasteiger partial charge in [-0.3, -0.25) is 0 Å². The average Bonchev–Trinajstić information content (AvgIpc) is 2.44. The van der Waals surface area contributed by atoms with Crippen molar-refractivity contribution < 1.29 is 4.39 Å². The Morgan fingerprint density at radius 2 is 1.90 bits per heavy atom. The van der Waals surface area contributed by atoms with Gasteiger partial charge < -0.3 is 11.1 Å². The lowest BCUT2D eigenvalue weighted by molar-refractivity contribution is 0.625. The van der Waals surface area contributed by atoms with E-state index in [0.29, 0.717) is 11.3 Å². The van der Waals surface area contributed by atoms with Crippen LogP contribution in [-0.4, -0.2) is 4.99 Å². The number of nitrogens with one attached hydrogen (secondary N) is 1. The van der Waals surface area contributed by atoms with E-state index < -0.39 is 5.82 Å². The molecule has 0 saturated heterocycles. The minimum Gasteiger partial charge on any atom is -0.389 e. The minimum atomic E-state index is -0.408. The molecule has 0 fully saturated rings. The SMILES string of the molecule is CCc1ccc(Nc2ccc(C(N)=S)c(Br)c2F)cc1. The van der Waals surface area contributed by atoms with Crippen molar-refractivity contribution in [3.8, 4) is 0 Å². The quantitative estimate of drug-likeness (QED) is 0.794. The minimum absolute atomic E-state index is 0.162. The molecule has 2 aromatic rings. The molecule has 0 saturated carbocycles.